The lowest BCUT2D eigenvalue weighted by atomic mass is 9.95. The van der Waals surface area contributed by atoms with Crippen LogP contribution >= 0.6 is 11.6 Å². The summed E-state index contributed by atoms with van der Waals surface area (Å²) in [6.07, 6.45) is 2.33. The van der Waals surface area contributed by atoms with Crippen molar-refractivity contribution in [2.24, 2.45) is 5.73 Å². The number of amides is 1. The Bertz CT molecular complexity index is 1060. The number of nitrogens with zero attached hydrogens (tertiary/aromatic N) is 1. The average molecular weight is 441 g/mol. The molecule has 1 aliphatic carbocycles. The van der Waals surface area contributed by atoms with Crippen LogP contribution in [-0.4, -0.2) is 36.4 Å². The molecule has 7 nitrogen and oxygen atoms in total. The number of aromatic amines is 1. The Hall–Kier alpha value is -3.03. The lowest BCUT2D eigenvalue weighted by Crippen LogP contribution is -2.27. The molecule has 0 spiro atoms. The summed E-state index contributed by atoms with van der Waals surface area (Å²) in [5, 5.41) is 10.9. The molecule has 1 fully saturated rings. The van der Waals surface area contributed by atoms with Gasteiger partial charge in [-0.05, 0) is 55.6 Å². The minimum absolute atomic E-state index is 0.0766. The predicted molar refractivity (Wildman–Crippen MR) is 121 cm³/mol. The van der Waals surface area contributed by atoms with Crippen molar-refractivity contribution >= 4 is 23.3 Å². The second kappa shape index (κ2) is 8.99. The van der Waals surface area contributed by atoms with Gasteiger partial charge in [-0.2, -0.15) is 5.10 Å². The number of hydrogen-bond acceptors (Lipinski definition) is 5. The number of methoxy groups -OCH3 is 1. The highest BCUT2D eigenvalue weighted by molar-refractivity contribution is 6.30. The normalized spacial score (nSPS) is 14.2. The number of rotatable bonds is 9. The van der Waals surface area contributed by atoms with E-state index in [1.807, 2.05) is 42.5 Å². The van der Waals surface area contributed by atoms with Gasteiger partial charge >= 0.3 is 0 Å². The summed E-state index contributed by atoms with van der Waals surface area (Å²) in [5.74, 6) is 1.67. The molecule has 0 unspecified atom stereocenters. The van der Waals surface area contributed by atoms with Crippen molar-refractivity contribution in [3.63, 3.8) is 0 Å². The monoisotopic (exact) mass is 440 g/mol. The minimum Gasteiger partial charge on any atom is -0.496 e. The van der Waals surface area contributed by atoms with E-state index in [1.165, 1.54) is 0 Å². The maximum Gasteiger partial charge on any atom is 0.236 e. The first-order valence-electron chi connectivity index (χ1n) is 10.2. The van der Waals surface area contributed by atoms with E-state index in [1.54, 1.807) is 13.2 Å². The van der Waals surface area contributed by atoms with Gasteiger partial charge in [0.25, 0.3) is 0 Å². The number of H-pyrrole nitrogens is 1. The second-order valence-electron chi connectivity index (χ2n) is 7.53. The molecule has 1 amide bonds. The molecule has 3 aromatic rings. The van der Waals surface area contributed by atoms with E-state index in [9.17, 15) is 4.79 Å². The van der Waals surface area contributed by atoms with Gasteiger partial charge in [0.05, 0.1) is 30.4 Å². The molecule has 8 heteroatoms. The van der Waals surface area contributed by atoms with Crippen LogP contribution in [-0.2, 0) is 10.2 Å². The lowest BCUT2D eigenvalue weighted by molar-refractivity contribution is -0.118. The summed E-state index contributed by atoms with van der Waals surface area (Å²) < 4.78 is 11.4. The predicted octanol–water partition coefficient (Wildman–Crippen LogP) is 4.14. The van der Waals surface area contributed by atoms with Crippen LogP contribution in [0.15, 0.2) is 48.5 Å². The van der Waals surface area contributed by atoms with Gasteiger partial charge in [-0.15, -0.1) is 0 Å². The number of carbonyl (C=O) groups excluding carboxylic acids is 1. The Morgan fingerprint density at radius 1 is 1.23 bits per heavy atom. The first-order valence-corrected chi connectivity index (χ1v) is 10.6. The standard InChI is InChI=1S/C23H25ClN4O3/c1-30-18-4-2-5-19(31-13-3-12-25)21(18)17-14-20(28-27-17)26-22(29)23(10-11-23)15-6-8-16(24)9-7-15/h2,4-9,14H,3,10-13,25H2,1H3,(H2,26,27,28,29). The molecule has 2 aromatic carbocycles. The number of benzene rings is 2. The van der Waals surface area contributed by atoms with E-state index in [-0.39, 0.29) is 5.91 Å². The highest BCUT2D eigenvalue weighted by atomic mass is 35.5. The number of carbonyl (C=O) groups is 1. The fraction of sp³-hybridized carbons (Fsp3) is 0.304. The molecule has 0 aliphatic heterocycles. The number of halogens is 1. The molecule has 1 saturated carbocycles. The third-order valence-corrected chi connectivity index (χ3v) is 5.74. The number of ether oxygens (including phenoxy) is 2. The Kier molecular flexibility index (Phi) is 6.15. The molecule has 1 aliphatic rings. The van der Waals surface area contributed by atoms with Crippen molar-refractivity contribution in [1.29, 1.82) is 0 Å². The SMILES string of the molecule is COc1cccc(OCCCN)c1-c1cc(NC(=O)C2(c3ccc(Cl)cc3)CC2)n[nH]1. The van der Waals surface area contributed by atoms with E-state index in [2.05, 4.69) is 15.5 Å². The van der Waals surface area contributed by atoms with E-state index < -0.39 is 5.41 Å². The van der Waals surface area contributed by atoms with Crippen LogP contribution in [0.3, 0.4) is 0 Å². The third kappa shape index (κ3) is 4.38. The summed E-state index contributed by atoms with van der Waals surface area (Å²) >= 11 is 5.99. The fourth-order valence-electron chi connectivity index (χ4n) is 3.62. The summed E-state index contributed by atoms with van der Waals surface area (Å²) in [6, 6.07) is 14.8. The highest BCUT2D eigenvalue weighted by Gasteiger charge is 2.51. The molecule has 4 rings (SSSR count). The van der Waals surface area contributed by atoms with Crippen molar-refractivity contribution in [1.82, 2.24) is 10.2 Å². The summed E-state index contributed by atoms with van der Waals surface area (Å²) in [4.78, 5) is 13.0. The number of hydrogen-bond donors (Lipinski definition) is 3. The summed E-state index contributed by atoms with van der Waals surface area (Å²) in [5.41, 5.74) is 7.44. The average Bonchev–Trinajstić information content (AvgIpc) is 3.47. The number of nitrogens with two attached hydrogens (primary N) is 1. The molecule has 31 heavy (non-hydrogen) atoms. The first-order chi connectivity index (χ1) is 15.1. The fourth-order valence-corrected chi connectivity index (χ4v) is 3.75. The summed E-state index contributed by atoms with van der Waals surface area (Å²) in [6.45, 7) is 1.05. The second-order valence-corrected chi connectivity index (χ2v) is 7.97. The van der Waals surface area contributed by atoms with Crippen LogP contribution in [0.25, 0.3) is 11.3 Å². The van der Waals surface area contributed by atoms with Crippen LogP contribution in [0.1, 0.15) is 24.8 Å². The number of anilines is 1. The molecule has 4 N–H and O–H groups in total. The maximum atomic E-state index is 13.0. The quantitative estimate of drug-likeness (QED) is 0.434. The molecular formula is C23H25ClN4O3. The molecule has 162 valence electrons. The van der Waals surface area contributed by atoms with Crippen LogP contribution in [0.2, 0.25) is 5.02 Å². The Morgan fingerprint density at radius 3 is 2.65 bits per heavy atom. The summed E-state index contributed by atoms with van der Waals surface area (Å²) in [7, 11) is 1.60. The smallest absolute Gasteiger partial charge is 0.236 e. The van der Waals surface area contributed by atoms with Crippen molar-refractivity contribution in [2.75, 3.05) is 25.6 Å². The number of nitrogens with one attached hydrogen (secondary N) is 2. The molecule has 0 radical (unpaired) electrons. The van der Waals surface area contributed by atoms with E-state index in [0.29, 0.717) is 41.2 Å². The molecule has 0 atom stereocenters. The van der Waals surface area contributed by atoms with Gasteiger partial charge in [0.2, 0.25) is 5.91 Å². The molecule has 1 heterocycles. The highest BCUT2D eigenvalue weighted by Crippen LogP contribution is 2.49. The molecule has 0 saturated heterocycles. The van der Waals surface area contributed by atoms with Gasteiger partial charge in [-0.25, -0.2) is 0 Å². The van der Waals surface area contributed by atoms with Crippen molar-refractivity contribution < 1.29 is 14.3 Å². The lowest BCUT2D eigenvalue weighted by Gasteiger charge is -2.15. The first kappa shape index (κ1) is 21.2. The van der Waals surface area contributed by atoms with Crippen molar-refractivity contribution in [2.45, 2.75) is 24.7 Å². The third-order valence-electron chi connectivity index (χ3n) is 5.48. The van der Waals surface area contributed by atoms with Crippen LogP contribution in [0, 0.1) is 0 Å². The minimum atomic E-state index is -0.523. The van der Waals surface area contributed by atoms with Gasteiger partial charge < -0.3 is 20.5 Å². The molecule has 0 bridgehead atoms. The largest absolute Gasteiger partial charge is 0.496 e. The zero-order chi connectivity index (χ0) is 21.8. The zero-order valence-electron chi connectivity index (χ0n) is 17.3. The van der Waals surface area contributed by atoms with Gasteiger partial charge in [0.1, 0.15) is 11.5 Å². The molecule has 1 aromatic heterocycles. The van der Waals surface area contributed by atoms with Crippen LogP contribution < -0.4 is 20.5 Å². The van der Waals surface area contributed by atoms with Gasteiger partial charge in [0.15, 0.2) is 5.82 Å². The number of aromatic nitrogens is 2. The van der Waals surface area contributed by atoms with E-state index in [4.69, 9.17) is 26.8 Å². The van der Waals surface area contributed by atoms with Crippen LogP contribution in [0.4, 0.5) is 5.82 Å². The van der Waals surface area contributed by atoms with Gasteiger partial charge in [-0.1, -0.05) is 29.8 Å². The zero-order valence-corrected chi connectivity index (χ0v) is 18.0. The Balaban J connectivity index is 1.55. The molecular weight excluding hydrogens is 416 g/mol. The van der Waals surface area contributed by atoms with Crippen molar-refractivity contribution in [3.05, 3.63) is 59.1 Å². The van der Waals surface area contributed by atoms with E-state index in [0.717, 1.165) is 30.4 Å². The maximum absolute atomic E-state index is 13.0. The van der Waals surface area contributed by atoms with Gasteiger partial charge in [-0.3, -0.25) is 9.89 Å². The Labute approximate surface area is 185 Å². The van der Waals surface area contributed by atoms with Crippen LogP contribution in [0.5, 0.6) is 11.5 Å². The van der Waals surface area contributed by atoms with Crippen molar-refractivity contribution in [3.8, 4) is 22.8 Å². The van der Waals surface area contributed by atoms with Gasteiger partial charge in [0, 0.05) is 11.1 Å². The Morgan fingerprint density at radius 2 is 1.97 bits per heavy atom. The van der Waals surface area contributed by atoms with E-state index >= 15 is 0 Å². The topological polar surface area (TPSA) is 102 Å².